The van der Waals surface area contributed by atoms with Gasteiger partial charge in [-0.25, -0.2) is 17.7 Å². The average Bonchev–Trinajstić information content (AvgIpc) is 2.93. The van der Waals surface area contributed by atoms with Gasteiger partial charge in [-0.2, -0.15) is 4.31 Å². The number of aromatic amines is 1. The lowest BCUT2D eigenvalue weighted by molar-refractivity contribution is -0.725. The second kappa shape index (κ2) is 5.87. The summed E-state index contributed by atoms with van der Waals surface area (Å²) in [4.78, 5) is 12.2. The van der Waals surface area contributed by atoms with E-state index < -0.39 is 15.8 Å². The van der Waals surface area contributed by atoms with Gasteiger partial charge in [0.05, 0.1) is 21.9 Å². The molecule has 3 rings (SSSR count). The van der Waals surface area contributed by atoms with E-state index in [0.29, 0.717) is 18.8 Å². The molecule has 0 radical (unpaired) electrons. The summed E-state index contributed by atoms with van der Waals surface area (Å²) in [7, 11) is -3.59. The molecule has 0 amide bonds. The van der Waals surface area contributed by atoms with Crippen LogP contribution in [0.3, 0.4) is 0 Å². The Morgan fingerprint density at radius 1 is 1.22 bits per heavy atom. The van der Waals surface area contributed by atoms with Crippen molar-refractivity contribution in [1.29, 1.82) is 0 Å². The van der Waals surface area contributed by atoms with E-state index >= 15 is 0 Å². The number of hydrogen-bond acceptors (Lipinski definition) is 6. The fourth-order valence-electron chi connectivity index (χ4n) is 2.55. The number of sulfonamides is 1. The molecule has 2 heterocycles. The zero-order valence-corrected chi connectivity index (χ0v) is 13.5. The van der Waals surface area contributed by atoms with Crippen LogP contribution in [0.5, 0.6) is 0 Å². The normalized spacial score (nSPS) is 23.0. The summed E-state index contributed by atoms with van der Waals surface area (Å²) >= 11 is 0. The fourth-order valence-corrected chi connectivity index (χ4v) is 4.14. The van der Waals surface area contributed by atoms with Gasteiger partial charge in [0, 0.05) is 25.2 Å². The third-order valence-corrected chi connectivity index (χ3v) is 5.35. The molecule has 0 spiro atoms. The molecule has 1 aliphatic heterocycles. The third-order valence-electron chi connectivity index (χ3n) is 3.51. The molecule has 1 aliphatic rings. The number of benzene rings is 1. The van der Waals surface area contributed by atoms with E-state index in [2.05, 4.69) is 14.9 Å². The van der Waals surface area contributed by atoms with Gasteiger partial charge in [0.15, 0.2) is 0 Å². The molecule has 10 heteroatoms. The van der Waals surface area contributed by atoms with Crippen LogP contribution < -0.4 is 10.6 Å². The largest absolute Gasteiger partial charge is 0.493 e. The minimum atomic E-state index is -3.59. The molecule has 2 aromatic rings. The van der Waals surface area contributed by atoms with Crippen LogP contribution in [0.15, 0.2) is 38.5 Å². The number of H-pyrrole nitrogens is 1. The first-order chi connectivity index (χ1) is 10.9. The summed E-state index contributed by atoms with van der Waals surface area (Å²) in [5.41, 5.74) is 0.485. The van der Waals surface area contributed by atoms with Crippen LogP contribution in [0, 0.1) is 0 Å². The van der Waals surface area contributed by atoms with Crippen molar-refractivity contribution in [3.8, 4) is 5.69 Å². The van der Waals surface area contributed by atoms with Crippen molar-refractivity contribution < 1.29 is 22.5 Å². The maximum atomic E-state index is 12.7. The lowest BCUT2D eigenvalue weighted by atomic mass is 10.3. The van der Waals surface area contributed by atoms with E-state index in [-0.39, 0.29) is 17.1 Å². The van der Waals surface area contributed by atoms with E-state index in [1.807, 2.05) is 13.8 Å². The van der Waals surface area contributed by atoms with Crippen molar-refractivity contribution >= 4 is 10.0 Å². The molecule has 1 aromatic heterocycles. The van der Waals surface area contributed by atoms with Gasteiger partial charge in [0.1, 0.15) is 0 Å². The number of hydrogen-bond donors (Lipinski definition) is 1. The van der Waals surface area contributed by atoms with Crippen LogP contribution in [-0.4, -0.2) is 48.4 Å². The van der Waals surface area contributed by atoms with Crippen molar-refractivity contribution in [2.45, 2.75) is 31.0 Å². The Labute approximate surface area is 132 Å². The molecule has 124 valence electrons. The highest BCUT2D eigenvalue weighted by molar-refractivity contribution is 7.89. The molecule has 1 fully saturated rings. The van der Waals surface area contributed by atoms with Crippen LogP contribution in [0.4, 0.5) is 0 Å². The highest BCUT2D eigenvalue weighted by atomic mass is 32.2. The maximum Gasteiger partial charge on any atom is 0.493 e. The van der Waals surface area contributed by atoms with Crippen LogP contribution in [0.25, 0.3) is 5.69 Å². The first-order valence-electron chi connectivity index (χ1n) is 7.10. The van der Waals surface area contributed by atoms with Crippen molar-refractivity contribution in [1.82, 2.24) is 14.7 Å². The smallest absolute Gasteiger partial charge is 0.373 e. The van der Waals surface area contributed by atoms with Gasteiger partial charge in [-0.1, -0.05) is 5.10 Å². The molecule has 1 N–H and O–H groups in total. The van der Waals surface area contributed by atoms with Crippen LogP contribution >= 0.6 is 0 Å². The Morgan fingerprint density at radius 2 is 1.83 bits per heavy atom. The number of nitrogens with zero attached hydrogens (tertiary/aromatic N) is 3. The number of morpholine rings is 1. The van der Waals surface area contributed by atoms with E-state index in [9.17, 15) is 13.2 Å². The third kappa shape index (κ3) is 3.19. The van der Waals surface area contributed by atoms with E-state index in [0.717, 1.165) is 4.80 Å². The fraction of sp³-hybridized carbons (Fsp3) is 0.462. The Balaban J connectivity index is 1.87. The minimum Gasteiger partial charge on any atom is -0.373 e. The predicted octanol–water partition coefficient (Wildman–Crippen LogP) is -0.562. The molecule has 1 aromatic carbocycles. The quantitative estimate of drug-likeness (QED) is 0.749. The SMILES string of the molecule is C[C@@H]1CN(S(=O)(=O)c2ccc(-[n+]3noc(=O)[nH]3)cc2)C[C@H](C)O1. The lowest BCUT2D eigenvalue weighted by Crippen LogP contribution is -2.48. The Hall–Kier alpha value is -2.04. The number of ether oxygens (including phenoxy) is 1. The summed E-state index contributed by atoms with van der Waals surface area (Å²) < 4.78 is 36.8. The molecular formula is C13H17N4O5S+. The van der Waals surface area contributed by atoms with Crippen molar-refractivity contribution in [3.63, 3.8) is 0 Å². The Bertz CT molecular complexity index is 832. The van der Waals surface area contributed by atoms with Crippen LogP contribution in [-0.2, 0) is 14.8 Å². The van der Waals surface area contributed by atoms with Crippen LogP contribution in [0.2, 0.25) is 0 Å². The molecule has 1 saturated heterocycles. The first-order valence-corrected chi connectivity index (χ1v) is 8.54. The molecule has 0 saturated carbocycles. The van der Waals surface area contributed by atoms with Crippen molar-refractivity contribution in [3.05, 3.63) is 34.8 Å². The van der Waals surface area contributed by atoms with Crippen LogP contribution in [0.1, 0.15) is 13.8 Å². The highest BCUT2D eigenvalue weighted by Crippen LogP contribution is 2.21. The Morgan fingerprint density at radius 3 is 2.35 bits per heavy atom. The zero-order chi connectivity index (χ0) is 16.6. The van der Waals surface area contributed by atoms with Crippen molar-refractivity contribution in [2.75, 3.05) is 13.1 Å². The number of nitrogens with one attached hydrogen (secondary N) is 1. The second-order valence-electron chi connectivity index (χ2n) is 5.46. The predicted molar refractivity (Wildman–Crippen MR) is 77.4 cm³/mol. The van der Waals surface area contributed by atoms with Gasteiger partial charge < -0.3 is 4.74 Å². The lowest BCUT2D eigenvalue weighted by Gasteiger charge is -2.34. The van der Waals surface area contributed by atoms with Crippen molar-refractivity contribution in [2.24, 2.45) is 0 Å². The van der Waals surface area contributed by atoms with Gasteiger partial charge in [0.2, 0.25) is 15.3 Å². The number of aromatic nitrogens is 3. The van der Waals surface area contributed by atoms with E-state index in [4.69, 9.17) is 4.74 Å². The standard InChI is InChI=1S/C13H16N4O5S/c1-9-7-16(8-10(2)21-9)23(19,20)12-5-3-11(4-6-12)17-14-13(18)22-15-17/h3-6,9-10H,7-8H2,1-2H3/p+1/t9-,10+. The van der Waals surface area contributed by atoms with Gasteiger partial charge in [0.25, 0.3) is 5.69 Å². The first kappa shape index (κ1) is 15.8. The summed E-state index contributed by atoms with van der Waals surface area (Å²) in [5.74, 6) is -0.696. The molecule has 2 atom stereocenters. The Kier molecular flexibility index (Phi) is 4.04. The van der Waals surface area contributed by atoms with Gasteiger partial charge in [-0.05, 0) is 26.0 Å². The maximum absolute atomic E-state index is 12.7. The average molecular weight is 341 g/mol. The molecular weight excluding hydrogens is 324 g/mol. The summed E-state index contributed by atoms with van der Waals surface area (Å²) in [6, 6.07) is 6.02. The molecule has 0 aliphatic carbocycles. The summed E-state index contributed by atoms with van der Waals surface area (Å²) in [6.07, 6.45) is -0.299. The van der Waals surface area contributed by atoms with E-state index in [1.165, 1.54) is 16.4 Å². The highest BCUT2D eigenvalue weighted by Gasteiger charge is 2.32. The van der Waals surface area contributed by atoms with Gasteiger partial charge in [-0.15, -0.1) is 0 Å². The van der Waals surface area contributed by atoms with Gasteiger partial charge in [-0.3, -0.25) is 0 Å². The molecule has 0 unspecified atom stereocenters. The van der Waals surface area contributed by atoms with E-state index in [1.54, 1.807) is 12.1 Å². The van der Waals surface area contributed by atoms with Gasteiger partial charge >= 0.3 is 5.76 Å². The minimum absolute atomic E-state index is 0.149. The zero-order valence-electron chi connectivity index (χ0n) is 12.7. The monoisotopic (exact) mass is 341 g/mol. The summed E-state index contributed by atoms with van der Waals surface area (Å²) in [6.45, 7) is 4.33. The summed E-state index contributed by atoms with van der Waals surface area (Å²) in [5, 5.41) is 5.82. The molecule has 0 bridgehead atoms. The molecule has 23 heavy (non-hydrogen) atoms. The molecule has 9 nitrogen and oxygen atoms in total. The number of rotatable bonds is 3. The topological polar surface area (TPSA) is 109 Å². The second-order valence-corrected chi connectivity index (χ2v) is 7.40.